The fourth-order valence-electron chi connectivity index (χ4n) is 4.21. The average Bonchev–Trinajstić information content (AvgIpc) is 3.24. The number of benzene rings is 1. The van der Waals surface area contributed by atoms with Crippen molar-refractivity contribution >= 4 is 5.91 Å². The number of carbonyl (C=O) groups excluding carboxylic acids is 1. The monoisotopic (exact) mass is 314 g/mol. The van der Waals surface area contributed by atoms with Crippen LogP contribution in [0.2, 0.25) is 0 Å². The molecule has 23 heavy (non-hydrogen) atoms. The molecule has 4 heteroatoms. The Bertz CT molecular complexity index is 631. The van der Waals surface area contributed by atoms with Gasteiger partial charge in [0.15, 0.2) is 0 Å². The highest BCUT2D eigenvalue weighted by Crippen LogP contribution is 2.45. The molecule has 1 aromatic rings. The molecule has 1 aromatic carbocycles. The lowest BCUT2D eigenvalue weighted by Gasteiger charge is -2.47. The predicted molar refractivity (Wildman–Crippen MR) is 89.7 cm³/mol. The first-order chi connectivity index (χ1) is 11.1. The Labute approximate surface area is 138 Å². The summed E-state index contributed by atoms with van der Waals surface area (Å²) >= 11 is 0. The Morgan fingerprint density at radius 2 is 2.13 bits per heavy atom. The zero-order valence-corrected chi connectivity index (χ0v) is 14.2. The summed E-state index contributed by atoms with van der Waals surface area (Å²) in [5.74, 6) is 2.00. The molecule has 2 saturated heterocycles. The number of hydrogen-bond acceptors (Lipinski definition) is 3. The Hall–Kier alpha value is -1.55. The zero-order valence-electron chi connectivity index (χ0n) is 14.2. The molecule has 124 valence electrons. The van der Waals surface area contributed by atoms with Gasteiger partial charge in [0.1, 0.15) is 5.75 Å². The molecule has 0 bridgehead atoms. The van der Waals surface area contributed by atoms with Crippen molar-refractivity contribution in [2.24, 2.45) is 5.41 Å². The van der Waals surface area contributed by atoms with E-state index in [4.69, 9.17) is 4.74 Å². The Morgan fingerprint density at radius 1 is 1.35 bits per heavy atom. The summed E-state index contributed by atoms with van der Waals surface area (Å²) in [6.45, 7) is 8.81. The summed E-state index contributed by atoms with van der Waals surface area (Å²) in [5.41, 5.74) is 4.41. The summed E-state index contributed by atoms with van der Waals surface area (Å²) in [6, 6.07) is 4.60. The van der Waals surface area contributed by atoms with Crippen molar-refractivity contribution in [1.29, 1.82) is 0 Å². The molecule has 1 amide bonds. The number of amides is 1. The number of nitrogens with one attached hydrogen (secondary N) is 1. The van der Waals surface area contributed by atoms with Crippen molar-refractivity contribution in [3.05, 3.63) is 28.8 Å². The lowest BCUT2D eigenvalue weighted by Crippen LogP contribution is -2.56. The quantitative estimate of drug-likeness (QED) is 0.908. The largest absolute Gasteiger partial charge is 0.494 e. The van der Waals surface area contributed by atoms with Crippen LogP contribution in [0.25, 0.3) is 0 Å². The molecule has 0 aromatic heterocycles. The highest BCUT2D eigenvalue weighted by atomic mass is 16.5. The number of rotatable bonds is 5. The van der Waals surface area contributed by atoms with Crippen LogP contribution in [0.5, 0.6) is 5.75 Å². The lowest BCUT2D eigenvalue weighted by atomic mass is 9.78. The molecule has 2 heterocycles. The highest BCUT2D eigenvalue weighted by Gasteiger charge is 2.48. The predicted octanol–water partition coefficient (Wildman–Crippen LogP) is 2.59. The minimum atomic E-state index is 0.213. The van der Waals surface area contributed by atoms with Crippen LogP contribution in [0, 0.1) is 12.3 Å². The van der Waals surface area contributed by atoms with Gasteiger partial charge in [-0.3, -0.25) is 9.69 Å². The topological polar surface area (TPSA) is 41.6 Å². The third kappa shape index (κ3) is 2.85. The van der Waals surface area contributed by atoms with Gasteiger partial charge in [-0.05, 0) is 55.4 Å². The van der Waals surface area contributed by atoms with E-state index in [1.54, 1.807) is 0 Å². The van der Waals surface area contributed by atoms with Crippen LogP contribution in [0.3, 0.4) is 0 Å². The minimum absolute atomic E-state index is 0.213. The summed E-state index contributed by atoms with van der Waals surface area (Å²) < 4.78 is 5.80. The molecule has 0 atom stereocenters. The van der Waals surface area contributed by atoms with Crippen LogP contribution in [0.15, 0.2) is 12.1 Å². The molecular weight excluding hydrogens is 288 g/mol. The first kappa shape index (κ1) is 15.0. The van der Waals surface area contributed by atoms with Gasteiger partial charge in [0.2, 0.25) is 5.91 Å². The Kier molecular flexibility index (Phi) is 3.60. The van der Waals surface area contributed by atoms with E-state index >= 15 is 0 Å². The molecule has 1 N–H and O–H groups in total. The molecule has 0 radical (unpaired) electrons. The molecular formula is C19H26N2O2. The second-order valence-corrected chi connectivity index (χ2v) is 7.62. The Balaban J connectivity index is 1.50. The standard InChI is InChI=1S/C19H26N2O2/c1-3-23-17-7-15(16(6-13(17)2)14-4-5-14)9-21-11-19(12-21)8-18(22)20-10-19/h6-7,14H,3-5,8-12H2,1-2H3,(H,20,22). The third-order valence-corrected chi connectivity index (χ3v) is 5.46. The van der Waals surface area contributed by atoms with Gasteiger partial charge in [-0.15, -0.1) is 0 Å². The van der Waals surface area contributed by atoms with Crippen molar-refractivity contribution in [2.75, 3.05) is 26.2 Å². The van der Waals surface area contributed by atoms with Crippen LogP contribution < -0.4 is 10.1 Å². The van der Waals surface area contributed by atoms with Gasteiger partial charge in [-0.2, -0.15) is 0 Å². The van der Waals surface area contributed by atoms with Gasteiger partial charge in [0, 0.05) is 38.0 Å². The van der Waals surface area contributed by atoms with Crippen LogP contribution >= 0.6 is 0 Å². The van der Waals surface area contributed by atoms with Gasteiger partial charge in [-0.1, -0.05) is 6.07 Å². The molecule has 4 rings (SSSR count). The maximum absolute atomic E-state index is 11.5. The molecule has 3 aliphatic rings. The van der Waals surface area contributed by atoms with Crippen molar-refractivity contribution in [2.45, 2.75) is 45.6 Å². The number of likely N-dealkylation sites (tertiary alicyclic amines) is 1. The van der Waals surface area contributed by atoms with Crippen LogP contribution in [-0.4, -0.2) is 37.0 Å². The number of ether oxygens (including phenoxy) is 1. The SMILES string of the molecule is CCOc1cc(CN2CC3(CNC(=O)C3)C2)c(C2CC2)cc1C. The zero-order chi connectivity index (χ0) is 16.0. The Morgan fingerprint density at radius 3 is 2.74 bits per heavy atom. The van der Waals surface area contributed by atoms with E-state index in [1.807, 2.05) is 6.92 Å². The van der Waals surface area contributed by atoms with E-state index in [0.717, 1.165) is 37.8 Å². The van der Waals surface area contributed by atoms with Crippen molar-refractivity contribution in [3.63, 3.8) is 0 Å². The number of hydrogen-bond donors (Lipinski definition) is 1. The summed E-state index contributed by atoms with van der Waals surface area (Å²) in [6.07, 6.45) is 3.35. The van der Waals surface area contributed by atoms with Gasteiger partial charge >= 0.3 is 0 Å². The highest BCUT2D eigenvalue weighted by molar-refractivity contribution is 5.79. The smallest absolute Gasteiger partial charge is 0.220 e. The average molecular weight is 314 g/mol. The third-order valence-electron chi connectivity index (χ3n) is 5.46. The van der Waals surface area contributed by atoms with E-state index in [0.29, 0.717) is 13.0 Å². The molecule has 3 fully saturated rings. The van der Waals surface area contributed by atoms with E-state index in [2.05, 4.69) is 29.3 Å². The van der Waals surface area contributed by atoms with E-state index < -0.39 is 0 Å². The lowest BCUT2D eigenvalue weighted by molar-refractivity contribution is -0.120. The van der Waals surface area contributed by atoms with Gasteiger partial charge in [0.25, 0.3) is 0 Å². The second kappa shape index (κ2) is 5.52. The van der Waals surface area contributed by atoms with Crippen LogP contribution in [-0.2, 0) is 11.3 Å². The van der Waals surface area contributed by atoms with Gasteiger partial charge < -0.3 is 10.1 Å². The summed E-state index contributed by atoms with van der Waals surface area (Å²) in [5, 5.41) is 2.98. The van der Waals surface area contributed by atoms with E-state index in [9.17, 15) is 4.79 Å². The fourth-order valence-corrected chi connectivity index (χ4v) is 4.21. The number of carbonyl (C=O) groups is 1. The van der Waals surface area contributed by atoms with Gasteiger partial charge in [-0.25, -0.2) is 0 Å². The molecule has 1 aliphatic carbocycles. The summed E-state index contributed by atoms with van der Waals surface area (Å²) in [4.78, 5) is 14.0. The maximum atomic E-state index is 11.5. The number of nitrogens with zero attached hydrogens (tertiary/aromatic N) is 1. The second-order valence-electron chi connectivity index (χ2n) is 7.62. The van der Waals surface area contributed by atoms with Crippen LogP contribution in [0.1, 0.15) is 48.8 Å². The van der Waals surface area contributed by atoms with Crippen molar-refractivity contribution < 1.29 is 9.53 Å². The van der Waals surface area contributed by atoms with E-state index in [-0.39, 0.29) is 11.3 Å². The number of aryl methyl sites for hydroxylation is 1. The van der Waals surface area contributed by atoms with Crippen molar-refractivity contribution in [3.8, 4) is 5.75 Å². The minimum Gasteiger partial charge on any atom is -0.494 e. The van der Waals surface area contributed by atoms with E-state index in [1.165, 1.54) is 29.5 Å². The maximum Gasteiger partial charge on any atom is 0.220 e. The normalized spacial score (nSPS) is 23.0. The first-order valence-electron chi connectivity index (χ1n) is 8.84. The molecule has 1 saturated carbocycles. The van der Waals surface area contributed by atoms with Crippen LogP contribution in [0.4, 0.5) is 0 Å². The molecule has 0 unspecified atom stereocenters. The van der Waals surface area contributed by atoms with Crippen molar-refractivity contribution in [1.82, 2.24) is 10.2 Å². The fraction of sp³-hybridized carbons (Fsp3) is 0.632. The first-order valence-corrected chi connectivity index (χ1v) is 8.84. The van der Waals surface area contributed by atoms with Gasteiger partial charge in [0.05, 0.1) is 6.61 Å². The molecule has 1 spiro atoms. The summed E-state index contributed by atoms with van der Waals surface area (Å²) in [7, 11) is 0. The molecule has 4 nitrogen and oxygen atoms in total. The molecule has 2 aliphatic heterocycles.